The predicted molar refractivity (Wildman–Crippen MR) is 80.9 cm³/mol. The summed E-state index contributed by atoms with van der Waals surface area (Å²) in [4.78, 5) is 0. The Bertz CT molecular complexity index is 538. The number of ether oxygens (including phenoxy) is 1. The highest BCUT2D eigenvalue weighted by atomic mass is 32.2. The van der Waals surface area contributed by atoms with Gasteiger partial charge in [-0.05, 0) is 31.5 Å². The molecule has 0 saturated heterocycles. The summed E-state index contributed by atoms with van der Waals surface area (Å²) >= 11 is 1.60. The van der Waals surface area contributed by atoms with Crippen LogP contribution >= 0.6 is 11.8 Å². The Labute approximate surface area is 123 Å². The van der Waals surface area contributed by atoms with Crippen molar-refractivity contribution in [2.45, 2.75) is 31.1 Å². The van der Waals surface area contributed by atoms with Gasteiger partial charge in [-0.3, -0.25) is 0 Å². The zero-order valence-electron chi connectivity index (χ0n) is 12.0. The molecule has 5 nitrogen and oxygen atoms in total. The Balaban J connectivity index is 1.92. The first kappa shape index (κ1) is 14.9. The SMILES string of the molecule is CC(C)Oc1ccc(C(N)CSc2nncn2C)cc1. The summed E-state index contributed by atoms with van der Waals surface area (Å²) in [7, 11) is 1.92. The second kappa shape index (κ2) is 6.76. The van der Waals surface area contributed by atoms with Crippen LogP contribution in [0.25, 0.3) is 0 Å². The van der Waals surface area contributed by atoms with E-state index in [-0.39, 0.29) is 12.1 Å². The molecule has 0 radical (unpaired) electrons. The van der Waals surface area contributed by atoms with Crippen LogP contribution in [0.15, 0.2) is 35.7 Å². The molecule has 0 aliphatic carbocycles. The Kier molecular flexibility index (Phi) is 5.03. The summed E-state index contributed by atoms with van der Waals surface area (Å²) < 4.78 is 7.50. The van der Waals surface area contributed by atoms with E-state index < -0.39 is 0 Å². The van der Waals surface area contributed by atoms with Crippen LogP contribution in [-0.4, -0.2) is 26.6 Å². The highest BCUT2D eigenvalue weighted by molar-refractivity contribution is 7.99. The smallest absolute Gasteiger partial charge is 0.190 e. The second-order valence-electron chi connectivity index (χ2n) is 4.88. The van der Waals surface area contributed by atoms with E-state index in [9.17, 15) is 0 Å². The summed E-state index contributed by atoms with van der Waals surface area (Å²) in [5.74, 6) is 1.63. The third-order valence-electron chi connectivity index (χ3n) is 2.74. The van der Waals surface area contributed by atoms with Crippen molar-refractivity contribution in [1.82, 2.24) is 14.8 Å². The molecule has 0 spiro atoms. The molecule has 2 N–H and O–H groups in total. The highest BCUT2D eigenvalue weighted by Crippen LogP contribution is 2.23. The summed E-state index contributed by atoms with van der Waals surface area (Å²) in [5.41, 5.74) is 7.29. The second-order valence-corrected chi connectivity index (χ2v) is 5.86. The Morgan fingerprint density at radius 3 is 2.55 bits per heavy atom. The van der Waals surface area contributed by atoms with Crippen molar-refractivity contribution in [1.29, 1.82) is 0 Å². The van der Waals surface area contributed by atoms with Crippen LogP contribution in [0.2, 0.25) is 0 Å². The molecule has 0 aliphatic heterocycles. The van der Waals surface area contributed by atoms with Gasteiger partial charge < -0.3 is 15.0 Å². The van der Waals surface area contributed by atoms with Gasteiger partial charge in [-0.15, -0.1) is 10.2 Å². The summed E-state index contributed by atoms with van der Waals surface area (Å²) in [6, 6.07) is 7.91. The third-order valence-corrected chi connectivity index (χ3v) is 3.90. The number of aryl methyl sites for hydroxylation is 1. The lowest BCUT2D eigenvalue weighted by atomic mass is 10.1. The zero-order chi connectivity index (χ0) is 14.5. The van der Waals surface area contributed by atoms with E-state index in [4.69, 9.17) is 10.5 Å². The summed E-state index contributed by atoms with van der Waals surface area (Å²) in [6.07, 6.45) is 1.87. The first-order valence-corrected chi connectivity index (χ1v) is 7.54. The molecule has 1 unspecified atom stereocenters. The van der Waals surface area contributed by atoms with Crippen molar-refractivity contribution in [3.8, 4) is 5.75 Å². The molecule has 1 atom stereocenters. The van der Waals surface area contributed by atoms with Gasteiger partial charge in [-0.2, -0.15) is 0 Å². The number of rotatable bonds is 6. The van der Waals surface area contributed by atoms with E-state index >= 15 is 0 Å². The lowest BCUT2D eigenvalue weighted by molar-refractivity contribution is 0.242. The predicted octanol–water partition coefficient (Wildman–Crippen LogP) is 2.39. The maximum absolute atomic E-state index is 6.19. The Hall–Kier alpha value is -1.53. The van der Waals surface area contributed by atoms with Gasteiger partial charge in [0.05, 0.1) is 6.10 Å². The molecule has 0 fully saturated rings. The average molecular weight is 292 g/mol. The van der Waals surface area contributed by atoms with E-state index in [1.54, 1.807) is 18.1 Å². The largest absolute Gasteiger partial charge is 0.491 e. The number of benzene rings is 1. The first-order chi connectivity index (χ1) is 9.56. The fourth-order valence-corrected chi connectivity index (χ4v) is 2.61. The van der Waals surface area contributed by atoms with Gasteiger partial charge in [-0.25, -0.2) is 0 Å². The lowest BCUT2D eigenvalue weighted by Gasteiger charge is -2.13. The maximum Gasteiger partial charge on any atom is 0.190 e. The van der Waals surface area contributed by atoms with Crippen molar-refractivity contribution < 1.29 is 4.74 Å². The molecule has 1 heterocycles. The van der Waals surface area contributed by atoms with Crippen molar-refractivity contribution in [2.75, 3.05) is 5.75 Å². The maximum atomic E-state index is 6.19. The van der Waals surface area contributed by atoms with E-state index in [0.29, 0.717) is 0 Å². The minimum atomic E-state index is -0.0372. The van der Waals surface area contributed by atoms with E-state index in [2.05, 4.69) is 10.2 Å². The molecule has 6 heteroatoms. The van der Waals surface area contributed by atoms with E-state index in [1.807, 2.05) is 49.7 Å². The number of hydrogen-bond donors (Lipinski definition) is 1. The van der Waals surface area contributed by atoms with Crippen LogP contribution in [0.5, 0.6) is 5.75 Å². The van der Waals surface area contributed by atoms with Crippen molar-refractivity contribution in [2.24, 2.45) is 12.8 Å². The third kappa shape index (κ3) is 3.98. The van der Waals surface area contributed by atoms with Crippen LogP contribution in [0.3, 0.4) is 0 Å². The van der Waals surface area contributed by atoms with Gasteiger partial charge >= 0.3 is 0 Å². The highest BCUT2D eigenvalue weighted by Gasteiger charge is 2.09. The van der Waals surface area contributed by atoms with Crippen LogP contribution in [-0.2, 0) is 7.05 Å². The average Bonchev–Trinajstić information content (AvgIpc) is 2.82. The Morgan fingerprint density at radius 2 is 2.00 bits per heavy atom. The van der Waals surface area contributed by atoms with Crippen molar-refractivity contribution >= 4 is 11.8 Å². The molecule has 108 valence electrons. The van der Waals surface area contributed by atoms with Crippen LogP contribution < -0.4 is 10.5 Å². The topological polar surface area (TPSA) is 66.0 Å². The zero-order valence-corrected chi connectivity index (χ0v) is 12.8. The summed E-state index contributed by atoms with van der Waals surface area (Å²) in [6.45, 7) is 4.02. The minimum Gasteiger partial charge on any atom is -0.491 e. The molecule has 0 bridgehead atoms. The molecule has 0 aliphatic rings. The standard InChI is InChI=1S/C14H20N4OS/c1-10(2)19-12-6-4-11(5-7-12)13(15)8-20-14-17-16-9-18(14)3/h4-7,9-10,13H,8,15H2,1-3H3. The molecule has 1 aromatic carbocycles. The molecular weight excluding hydrogens is 272 g/mol. The number of aromatic nitrogens is 3. The van der Waals surface area contributed by atoms with Crippen LogP contribution in [0, 0.1) is 0 Å². The molecule has 2 rings (SSSR count). The molecule has 0 amide bonds. The van der Waals surface area contributed by atoms with Crippen molar-refractivity contribution in [3.63, 3.8) is 0 Å². The van der Waals surface area contributed by atoms with E-state index in [0.717, 1.165) is 22.2 Å². The van der Waals surface area contributed by atoms with Crippen LogP contribution in [0.1, 0.15) is 25.5 Å². The minimum absolute atomic E-state index is 0.0372. The molecular formula is C14H20N4OS. The van der Waals surface area contributed by atoms with Gasteiger partial charge in [0.15, 0.2) is 5.16 Å². The molecule has 0 saturated carbocycles. The monoisotopic (exact) mass is 292 g/mol. The van der Waals surface area contributed by atoms with Gasteiger partial charge in [-0.1, -0.05) is 23.9 Å². The quantitative estimate of drug-likeness (QED) is 0.828. The number of thioether (sulfide) groups is 1. The first-order valence-electron chi connectivity index (χ1n) is 6.55. The molecule has 2 aromatic rings. The summed E-state index contributed by atoms with van der Waals surface area (Å²) in [5, 5.41) is 8.75. The fraction of sp³-hybridized carbons (Fsp3) is 0.429. The molecule has 1 aromatic heterocycles. The van der Waals surface area contributed by atoms with Crippen LogP contribution in [0.4, 0.5) is 0 Å². The number of hydrogen-bond acceptors (Lipinski definition) is 5. The van der Waals surface area contributed by atoms with E-state index in [1.165, 1.54) is 0 Å². The van der Waals surface area contributed by atoms with Gasteiger partial charge in [0.2, 0.25) is 0 Å². The number of nitrogens with zero attached hydrogens (tertiary/aromatic N) is 3. The van der Waals surface area contributed by atoms with Gasteiger partial charge in [0.1, 0.15) is 12.1 Å². The molecule has 20 heavy (non-hydrogen) atoms. The van der Waals surface area contributed by atoms with Gasteiger partial charge in [0, 0.05) is 18.8 Å². The lowest BCUT2D eigenvalue weighted by Crippen LogP contribution is -2.13. The van der Waals surface area contributed by atoms with Crippen molar-refractivity contribution in [3.05, 3.63) is 36.2 Å². The Morgan fingerprint density at radius 1 is 1.30 bits per heavy atom. The normalized spacial score (nSPS) is 12.7. The number of nitrogens with two attached hydrogens (primary N) is 1. The van der Waals surface area contributed by atoms with Gasteiger partial charge in [0.25, 0.3) is 0 Å². The fourth-order valence-electron chi connectivity index (χ4n) is 1.73.